The van der Waals surface area contributed by atoms with E-state index in [0.29, 0.717) is 5.25 Å². The van der Waals surface area contributed by atoms with Gasteiger partial charge >= 0.3 is 0 Å². The topological polar surface area (TPSA) is 55.1 Å². The van der Waals surface area contributed by atoms with Crippen LogP contribution in [0.4, 0.5) is 0 Å². The fraction of sp³-hybridized carbons (Fsp3) is 0.562. The summed E-state index contributed by atoms with van der Waals surface area (Å²) in [7, 11) is 0. The molecule has 1 saturated carbocycles. The third-order valence-corrected chi connectivity index (χ3v) is 5.34. The largest absolute Gasteiger partial charge is 0.368 e. The van der Waals surface area contributed by atoms with Crippen molar-refractivity contribution in [2.24, 2.45) is 5.73 Å². The highest BCUT2D eigenvalue weighted by Gasteiger charge is 2.44. The molecule has 1 aliphatic rings. The number of carbonyl (C=O) groups excluding carboxylic acids is 1. The van der Waals surface area contributed by atoms with Crippen molar-refractivity contribution in [1.29, 1.82) is 0 Å². The fourth-order valence-corrected chi connectivity index (χ4v) is 4.32. The second kappa shape index (κ2) is 6.19. The Kier molecular flexibility index (Phi) is 4.76. The predicted molar refractivity (Wildman–Crippen MR) is 84.9 cm³/mol. The number of thioether (sulfide) groups is 1. The summed E-state index contributed by atoms with van der Waals surface area (Å²) in [4.78, 5) is 13.2. The molecule has 2 rings (SSSR count). The van der Waals surface area contributed by atoms with Gasteiger partial charge in [0.1, 0.15) is 0 Å². The second-order valence-corrected chi connectivity index (χ2v) is 7.34. The molecule has 1 fully saturated rings. The molecule has 0 radical (unpaired) electrons. The maximum atomic E-state index is 11.9. The minimum Gasteiger partial charge on any atom is -0.368 e. The van der Waals surface area contributed by atoms with E-state index in [2.05, 4.69) is 50.4 Å². The first-order valence-electron chi connectivity index (χ1n) is 7.23. The molecule has 1 aromatic rings. The summed E-state index contributed by atoms with van der Waals surface area (Å²) in [6, 6.07) is 8.68. The van der Waals surface area contributed by atoms with E-state index >= 15 is 0 Å². The number of aryl methyl sites for hydroxylation is 1. The van der Waals surface area contributed by atoms with E-state index in [9.17, 15) is 4.79 Å². The van der Waals surface area contributed by atoms with Crippen LogP contribution in [0.5, 0.6) is 0 Å². The molecule has 0 heterocycles. The van der Waals surface area contributed by atoms with Gasteiger partial charge in [-0.05, 0) is 51.7 Å². The number of nitrogens with two attached hydrogens (primary N) is 1. The standard InChI is InChI=1S/C16H24N2OS/c1-11(2)18-16(15(17)19)9-8-13(10-16)20-14-7-5-4-6-12(14)3/h4-7,11,13,18H,8-10H2,1-3H3,(H2,17,19). The van der Waals surface area contributed by atoms with Gasteiger partial charge in [0, 0.05) is 16.2 Å². The van der Waals surface area contributed by atoms with Gasteiger partial charge in [0.25, 0.3) is 0 Å². The summed E-state index contributed by atoms with van der Waals surface area (Å²) in [6.45, 7) is 6.25. The summed E-state index contributed by atoms with van der Waals surface area (Å²) in [6.07, 6.45) is 2.69. The highest BCUT2D eigenvalue weighted by Crippen LogP contribution is 2.41. The summed E-state index contributed by atoms with van der Waals surface area (Å²) in [5, 5.41) is 3.85. The van der Waals surface area contributed by atoms with Gasteiger partial charge in [-0.1, -0.05) is 18.2 Å². The first-order chi connectivity index (χ1) is 9.43. The van der Waals surface area contributed by atoms with Crippen LogP contribution in [-0.4, -0.2) is 22.7 Å². The summed E-state index contributed by atoms with van der Waals surface area (Å²) < 4.78 is 0. The van der Waals surface area contributed by atoms with Crippen LogP contribution < -0.4 is 11.1 Å². The molecule has 0 saturated heterocycles. The third kappa shape index (κ3) is 3.36. The molecule has 0 bridgehead atoms. The van der Waals surface area contributed by atoms with Gasteiger partial charge in [0.2, 0.25) is 5.91 Å². The number of hydrogen-bond donors (Lipinski definition) is 2. The van der Waals surface area contributed by atoms with E-state index < -0.39 is 5.54 Å². The van der Waals surface area contributed by atoms with Gasteiger partial charge in [-0.15, -0.1) is 11.8 Å². The summed E-state index contributed by atoms with van der Waals surface area (Å²) in [5.74, 6) is -0.209. The molecule has 0 aromatic heterocycles. The van der Waals surface area contributed by atoms with Crippen molar-refractivity contribution in [3.63, 3.8) is 0 Å². The van der Waals surface area contributed by atoms with Crippen LogP contribution in [0.1, 0.15) is 38.7 Å². The second-order valence-electron chi connectivity index (χ2n) is 5.99. The molecule has 2 atom stereocenters. The molecule has 1 aliphatic carbocycles. The van der Waals surface area contributed by atoms with Crippen molar-refractivity contribution in [1.82, 2.24) is 5.32 Å². The molecular weight excluding hydrogens is 268 g/mol. The summed E-state index contributed by atoms with van der Waals surface area (Å²) >= 11 is 1.88. The maximum Gasteiger partial charge on any atom is 0.237 e. The molecule has 3 N–H and O–H groups in total. The van der Waals surface area contributed by atoms with E-state index in [1.807, 2.05) is 11.8 Å². The highest BCUT2D eigenvalue weighted by molar-refractivity contribution is 8.00. The Morgan fingerprint density at radius 1 is 1.45 bits per heavy atom. The first-order valence-corrected chi connectivity index (χ1v) is 8.11. The summed E-state index contributed by atoms with van der Waals surface area (Å²) in [5.41, 5.74) is 6.43. The molecule has 20 heavy (non-hydrogen) atoms. The van der Waals surface area contributed by atoms with Crippen LogP contribution in [0.2, 0.25) is 0 Å². The van der Waals surface area contributed by atoms with Crippen LogP contribution in [0, 0.1) is 6.92 Å². The van der Waals surface area contributed by atoms with Crippen LogP contribution >= 0.6 is 11.8 Å². The Hall–Kier alpha value is -1.00. The minimum absolute atomic E-state index is 0.209. The zero-order chi connectivity index (χ0) is 14.8. The first kappa shape index (κ1) is 15.4. The van der Waals surface area contributed by atoms with Crippen LogP contribution in [0.25, 0.3) is 0 Å². The van der Waals surface area contributed by atoms with Gasteiger partial charge in [0.15, 0.2) is 0 Å². The number of nitrogens with one attached hydrogen (secondary N) is 1. The Balaban J connectivity index is 2.07. The third-order valence-electron chi connectivity index (χ3n) is 3.89. The number of carbonyl (C=O) groups is 1. The maximum absolute atomic E-state index is 11.9. The van der Waals surface area contributed by atoms with E-state index in [0.717, 1.165) is 19.3 Å². The Morgan fingerprint density at radius 2 is 2.15 bits per heavy atom. The Bertz CT molecular complexity index is 489. The van der Waals surface area contributed by atoms with E-state index in [-0.39, 0.29) is 11.9 Å². The fourth-order valence-electron chi connectivity index (χ4n) is 2.95. The van der Waals surface area contributed by atoms with Crippen LogP contribution in [0.15, 0.2) is 29.2 Å². The lowest BCUT2D eigenvalue weighted by Crippen LogP contribution is -2.56. The molecule has 110 valence electrons. The normalized spacial score (nSPS) is 26.1. The molecule has 3 nitrogen and oxygen atoms in total. The number of hydrogen-bond acceptors (Lipinski definition) is 3. The van der Waals surface area contributed by atoms with Gasteiger partial charge in [-0.3, -0.25) is 4.79 Å². The van der Waals surface area contributed by atoms with Crippen molar-refractivity contribution in [3.05, 3.63) is 29.8 Å². The minimum atomic E-state index is -0.519. The van der Waals surface area contributed by atoms with Gasteiger partial charge < -0.3 is 11.1 Å². The molecule has 0 aliphatic heterocycles. The van der Waals surface area contributed by atoms with E-state index in [1.165, 1.54) is 10.5 Å². The van der Waals surface area contributed by atoms with Crippen molar-refractivity contribution in [3.8, 4) is 0 Å². The molecule has 4 heteroatoms. The zero-order valence-electron chi connectivity index (χ0n) is 12.5. The highest BCUT2D eigenvalue weighted by atomic mass is 32.2. The van der Waals surface area contributed by atoms with Crippen molar-refractivity contribution >= 4 is 17.7 Å². The SMILES string of the molecule is Cc1ccccc1SC1CCC(NC(C)C)(C(N)=O)C1. The lowest BCUT2D eigenvalue weighted by molar-refractivity contribution is -0.124. The molecular formula is C16H24N2OS. The van der Waals surface area contributed by atoms with Gasteiger partial charge in [-0.2, -0.15) is 0 Å². The number of benzene rings is 1. The van der Waals surface area contributed by atoms with Crippen molar-refractivity contribution in [2.75, 3.05) is 0 Å². The average Bonchev–Trinajstić information content (AvgIpc) is 2.76. The molecule has 1 amide bonds. The van der Waals surface area contributed by atoms with E-state index in [4.69, 9.17) is 5.73 Å². The molecule has 0 spiro atoms. The van der Waals surface area contributed by atoms with Gasteiger partial charge in [0.05, 0.1) is 5.54 Å². The average molecular weight is 292 g/mol. The number of amides is 1. The van der Waals surface area contributed by atoms with Crippen LogP contribution in [-0.2, 0) is 4.79 Å². The van der Waals surface area contributed by atoms with Crippen molar-refractivity contribution in [2.45, 2.75) is 61.8 Å². The monoisotopic (exact) mass is 292 g/mol. The quantitative estimate of drug-likeness (QED) is 0.877. The van der Waals surface area contributed by atoms with E-state index in [1.54, 1.807) is 0 Å². The lowest BCUT2D eigenvalue weighted by Gasteiger charge is -2.29. The van der Waals surface area contributed by atoms with Crippen molar-refractivity contribution < 1.29 is 4.79 Å². The predicted octanol–water partition coefficient (Wildman–Crippen LogP) is 2.86. The lowest BCUT2D eigenvalue weighted by atomic mass is 9.96. The Labute approximate surface area is 125 Å². The molecule has 2 unspecified atom stereocenters. The zero-order valence-corrected chi connectivity index (χ0v) is 13.3. The Morgan fingerprint density at radius 3 is 2.75 bits per heavy atom. The smallest absolute Gasteiger partial charge is 0.237 e. The van der Waals surface area contributed by atoms with Gasteiger partial charge in [-0.25, -0.2) is 0 Å². The number of rotatable bonds is 5. The number of primary amides is 1. The van der Waals surface area contributed by atoms with Crippen LogP contribution in [0.3, 0.4) is 0 Å². The molecule has 1 aromatic carbocycles.